The number of aromatic carboxylic acids is 1. The van der Waals surface area contributed by atoms with E-state index in [1.165, 1.54) is 0 Å². The van der Waals surface area contributed by atoms with Crippen molar-refractivity contribution < 1.29 is 14.6 Å². The zero-order valence-electron chi connectivity index (χ0n) is 10.2. The number of ether oxygens (including phenoxy) is 1. The predicted molar refractivity (Wildman–Crippen MR) is 71.8 cm³/mol. The van der Waals surface area contributed by atoms with Crippen LogP contribution in [0.2, 0.25) is 0 Å². The minimum absolute atomic E-state index is 0.0188. The quantitative estimate of drug-likeness (QED) is 0.896. The van der Waals surface area contributed by atoms with Gasteiger partial charge in [-0.25, -0.2) is 4.79 Å². The van der Waals surface area contributed by atoms with Crippen molar-refractivity contribution in [3.8, 4) is 0 Å². The van der Waals surface area contributed by atoms with Gasteiger partial charge in [-0.05, 0) is 31.0 Å². The third-order valence-corrected chi connectivity index (χ3v) is 3.96. The van der Waals surface area contributed by atoms with Crippen molar-refractivity contribution in [3.05, 3.63) is 33.8 Å². The van der Waals surface area contributed by atoms with Crippen LogP contribution in [0.5, 0.6) is 0 Å². The van der Waals surface area contributed by atoms with E-state index in [1.807, 2.05) is 6.07 Å². The van der Waals surface area contributed by atoms with Crippen LogP contribution in [-0.2, 0) is 11.3 Å². The summed E-state index contributed by atoms with van der Waals surface area (Å²) in [7, 11) is 0. The second-order valence-electron chi connectivity index (χ2n) is 4.83. The Hall–Kier alpha value is -0.910. The molecule has 1 aliphatic rings. The fourth-order valence-electron chi connectivity index (χ4n) is 1.94. The highest BCUT2D eigenvalue weighted by atomic mass is 79.9. The summed E-state index contributed by atoms with van der Waals surface area (Å²) >= 11 is 3.41. The van der Waals surface area contributed by atoms with Crippen LogP contribution in [0, 0.1) is 0 Å². The van der Waals surface area contributed by atoms with Crippen molar-refractivity contribution >= 4 is 21.9 Å². The first-order valence-electron chi connectivity index (χ1n) is 5.85. The van der Waals surface area contributed by atoms with Gasteiger partial charge in [0.1, 0.15) is 0 Å². The van der Waals surface area contributed by atoms with E-state index >= 15 is 0 Å². The van der Waals surface area contributed by atoms with Crippen LogP contribution in [0.3, 0.4) is 0 Å². The average Bonchev–Trinajstić information content (AvgIpc) is 2.75. The van der Waals surface area contributed by atoms with Crippen molar-refractivity contribution in [2.24, 2.45) is 0 Å². The van der Waals surface area contributed by atoms with Crippen molar-refractivity contribution in [2.75, 3.05) is 13.2 Å². The molecule has 18 heavy (non-hydrogen) atoms. The van der Waals surface area contributed by atoms with Gasteiger partial charge >= 0.3 is 5.97 Å². The highest BCUT2D eigenvalue weighted by molar-refractivity contribution is 9.10. The fourth-order valence-corrected chi connectivity index (χ4v) is 2.46. The molecule has 0 amide bonds. The summed E-state index contributed by atoms with van der Waals surface area (Å²) < 4.78 is 6.19. The smallest absolute Gasteiger partial charge is 0.335 e. The summed E-state index contributed by atoms with van der Waals surface area (Å²) in [6.07, 6.45) is 0.998. The van der Waals surface area contributed by atoms with Crippen molar-refractivity contribution in [1.29, 1.82) is 0 Å². The number of carboxylic acids is 1. The molecular weight excluding hydrogens is 298 g/mol. The Balaban J connectivity index is 2.03. The lowest BCUT2D eigenvalue weighted by Gasteiger charge is -2.24. The molecule has 1 saturated heterocycles. The number of rotatable bonds is 4. The molecule has 98 valence electrons. The van der Waals surface area contributed by atoms with E-state index in [0.29, 0.717) is 12.1 Å². The third kappa shape index (κ3) is 3.10. The highest BCUT2D eigenvalue weighted by Crippen LogP contribution is 2.22. The molecule has 1 aromatic rings. The summed E-state index contributed by atoms with van der Waals surface area (Å²) in [5.74, 6) is -0.911. The lowest BCUT2D eigenvalue weighted by Crippen LogP contribution is -2.42. The van der Waals surface area contributed by atoms with Crippen LogP contribution < -0.4 is 5.32 Å². The van der Waals surface area contributed by atoms with Crippen LogP contribution in [0.1, 0.15) is 29.3 Å². The topological polar surface area (TPSA) is 58.6 Å². The summed E-state index contributed by atoms with van der Waals surface area (Å²) in [4.78, 5) is 10.8. The highest BCUT2D eigenvalue weighted by Gasteiger charge is 2.28. The molecule has 5 heteroatoms. The Labute approximate surface area is 114 Å². The summed E-state index contributed by atoms with van der Waals surface area (Å²) in [5, 5.41) is 12.4. The van der Waals surface area contributed by atoms with Gasteiger partial charge in [-0.2, -0.15) is 0 Å². The minimum atomic E-state index is -0.911. The lowest BCUT2D eigenvalue weighted by molar-refractivity contribution is 0.0697. The van der Waals surface area contributed by atoms with Crippen LogP contribution in [-0.4, -0.2) is 29.8 Å². The predicted octanol–water partition coefficient (Wildman–Crippen LogP) is 2.42. The normalized spacial score (nSPS) is 23.2. The largest absolute Gasteiger partial charge is 0.478 e. The Kier molecular flexibility index (Phi) is 4.04. The molecular formula is C13H16BrNO3. The molecule has 1 atom stereocenters. The maximum Gasteiger partial charge on any atom is 0.335 e. The van der Waals surface area contributed by atoms with E-state index in [1.54, 1.807) is 12.1 Å². The van der Waals surface area contributed by atoms with Gasteiger partial charge in [-0.15, -0.1) is 0 Å². The Morgan fingerprint density at radius 1 is 1.61 bits per heavy atom. The molecule has 0 radical (unpaired) electrons. The molecule has 0 saturated carbocycles. The first-order valence-corrected chi connectivity index (χ1v) is 6.64. The fraction of sp³-hybridized carbons (Fsp3) is 0.462. The zero-order valence-corrected chi connectivity index (χ0v) is 11.8. The van der Waals surface area contributed by atoms with E-state index in [0.717, 1.165) is 29.7 Å². The molecule has 1 heterocycles. The Morgan fingerprint density at radius 3 is 2.94 bits per heavy atom. The van der Waals surface area contributed by atoms with Crippen molar-refractivity contribution in [3.63, 3.8) is 0 Å². The van der Waals surface area contributed by atoms with E-state index in [4.69, 9.17) is 9.84 Å². The maximum absolute atomic E-state index is 10.8. The number of hydrogen-bond acceptors (Lipinski definition) is 3. The van der Waals surface area contributed by atoms with E-state index in [-0.39, 0.29) is 5.54 Å². The van der Waals surface area contributed by atoms with Crippen LogP contribution in [0.4, 0.5) is 0 Å². The maximum atomic E-state index is 10.8. The van der Waals surface area contributed by atoms with Gasteiger partial charge in [-0.3, -0.25) is 0 Å². The van der Waals surface area contributed by atoms with Crippen LogP contribution >= 0.6 is 15.9 Å². The van der Waals surface area contributed by atoms with Gasteiger partial charge in [0.15, 0.2) is 0 Å². The van der Waals surface area contributed by atoms with Gasteiger partial charge in [0, 0.05) is 23.2 Å². The van der Waals surface area contributed by atoms with Gasteiger partial charge in [0.25, 0.3) is 0 Å². The van der Waals surface area contributed by atoms with Crippen LogP contribution in [0.15, 0.2) is 22.7 Å². The van der Waals surface area contributed by atoms with Gasteiger partial charge in [0.05, 0.1) is 12.2 Å². The van der Waals surface area contributed by atoms with Crippen molar-refractivity contribution in [2.45, 2.75) is 25.4 Å². The molecule has 0 spiro atoms. The second-order valence-corrected chi connectivity index (χ2v) is 5.68. The summed E-state index contributed by atoms with van der Waals surface area (Å²) in [5.41, 5.74) is 1.36. The van der Waals surface area contributed by atoms with Gasteiger partial charge < -0.3 is 15.2 Å². The van der Waals surface area contributed by atoms with Crippen molar-refractivity contribution in [1.82, 2.24) is 5.32 Å². The molecule has 0 aromatic heterocycles. The zero-order chi connectivity index (χ0) is 13.2. The van der Waals surface area contributed by atoms with E-state index in [2.05, 4.69) is 28.2 Å². The number of halogens is 1. The molecule has 1 unspecified atom stereocenters. The summed E-state index contributed by atoms with van der Waals surface area (Å²) in [6, 6.07) is 5.09. The number of benzene rings is 1. The van der Waals surface area contributed by atoms with E-state index < -0.39 is 5.97 Å². The van der Waals surface area contributed by atoms with Gasteiger partial charge in [0.2, 0.25) is 0 Å². The number of nitrogens with one attached hydrogen (secondary N) is 1. The lowest BCUT2D eigenvalue weighted by atomic mass is 10.0. The van der Waals surface area contributed by atoms with E-state index in [9.17, 15) is 4.79 Å². The molecule has 2 N–H and O–H groups in total. The standard InChI is InChI=1S/C13H16BrNO3/c1-13(4-5-18-8-13)15-7-10-3-2-9(12(16)17)6-11(10)14/h2-3,6,15H,4-5,7-8H2,1H3,(H,16,17). The number of carboxylic acid groups (broad SMARTS) is 1. The first kappa shape index (κ1) is 13.5. The monoisotopic (exact) mass is 313 g/mol. The Bertz CT molecular complexity index is 456. The molecule has 2 rings (SSSR count). The SMILES string of the molecule is CC1(NCc2ccc(C(=O)O)cc2Br)CCOC1. The average molecular weight is 314 g/mol. The number of hydrogen-bond donors (Lipinski definition) is 2. The molecule has 4 nitrogen and oxygen atoms in total. The third-order valence-electron chi connectivity index (χ3n) is 3.22. The van der Waals surface area contributed by atoms with Crippen LogP contribution in [0.25, 0.3) is 0 Å². The number of carbonyl (C=O) groups is 1. The molecule has 1 fully saturated rings. The molecule has 1 aliphatic heterocycles. The molecule has 0 aliphatic carbocycles. The van der Waals surface area contributed by atoms with Gasteiger partial charge in [-0.1, -0.05) is 22.0 Å². The minimum Gasteiger partial charge on any atom is -0.478 e. The summed E-state index contributed by atoms with van der Waals surface area (Å²) in [6.45, 7) is 4.35. The molecule has 1 aromatic carbocycles. The first-order chi connectivity index (χ1) is 8.50. The Morgan fingerprint density at radius 2 is 2.39 bits per heavy atom. The second kappa shape index (κ2) is 5.38. The molecule has 0 bridgehead atoms.